The van der Waals surface area contributed by atoms with Crippen LogP contribution in [0.4, 0.5) is 4.39 Å². The molecular formula is C21H20ClFN2OS. The molecule has 0 unspecified atom stereocenters. The highest BCUT2D eigenvalue weighted by Gasteiger charge is 2.16. The zero-order valence-electron chi connectivity index (χ0n) is 15.2. The van der Waals surface area contributed by atoms with Gasteiger partial charge in [0, 0.05) is 11.4 Å². The summed E-state index contributed by atoms with van der Waals surface area (Å²) in [5.74, 6) is -0.634. The Balaban J connectivity index is 2.16. The molecule has 0 fully saturated rings. The van der Waals surface area contributed by atoms with Gasteiger partial charge in [0.25, 0.3) is 5.91 Å². The summed E-state index contributed by atoms with van der Waals surface area (Å²) in [5, 5.41) is 0.387. The third-order valence-electron chi connectivity index (χ3n) is 4.19. The van der Waals surface area contributed by atoms with Crippen molar-refractivity contribution in [1.82, 2.24) is 4.57 Å². The van der Waals surface area contributed by atoms with Crippen LogP contribution in [0.5, 0.6) is 0 Å². The largest absolute Gasteiger partial charge is 0.316 e. The first-order chi connectivity index (χ1) is 13.0. The van der Waals surface area contributed by atoms with Crippen molar-refractivity contribution in [3.8, 4) is 11.3 Å². The van der Waals surface area contributed by atoms with Crippen LogP contribution in [0.15, 0.2) is 53.5 Å². The van der Waals surface area contributed by atoms with E-state index in [4.69, 9.17) is 11.6 Å². The second kappa shape index (κ2) is 8.63. The SMILES string of the molecule is CCCc1sc(=NC(=O)c2ccccc2Cl)n(CC)c1-c1ccc(F)cc1. The number of carbonyl (C=O) groups is 1. The number of amides is 1. The number of benzene rings is 2. The molecule has 27 heavy (non-hydrogen) atoms. The third-order valence-corrected chi connectivity index (χ3v) is 5.66. The first kappa shape index (κ1) is 19.5. The highest BCUT2D eigenvalue weighted by molar-refractivity contribution is 7.09. The fourth-order valence-electron chi connectivity index (χ4n) is 2.94. The molecule has 1 heterocycles. The molecule has 1 amide bonds. The van der Waals surface area contributed by atoms with Crippen molar-refractivity contribution < 1.29 is 9.18 Å². The van der Waals surface area contributed by atoms with Gasteiger partial charge in [0.05, 0.1) is 16.3 Å². The number of carbonyl (C=O) groups excluding carboxylic acids is 1. The van der Waals surface area contributed by atoms with Crippen LogP contribution in [-0.4, -0.2) is 10.5 Å². The normalized spacial score (nSPS) is 11.8. The summed E-state index contributed by atoms with van der Waals surface area (Å²) >= 11 is 7.64. The zero-order chi connectivity index (χ0) is 19.4. The molecule has 0 atom stereocenters. The van der Waals surface area contributed by atoms with Crippen LogP contribution < -0.4 is 4.80 Å². The molecule has 1 aromatic heterocycles. The minimum Gasteiger partial charge on any atom is -0.316 e. The van der Waals surface area contributed by atoms with E-state index in [9.17, 15) is 9.18 Å². The minimum atomic E-state index is -0.363. The van der Waals surface area contributed by atoms with E-state index in [0.29, 0.717) is 21.9 Å². The minimum absolute atomic E-state index is 0.270. The lowest BCUT2D eigenvalue weighted by Crippen LogP contribution is -2.17. The van der Waals surface area contributed by atoms with Gasteiger partial charge in [0.1, 0.15) is 5.82 Å². The van der Waals surface area contributed by atoms with Gasteiger partial charge in [-0.15, -0.1) is 11.3 Å². The fourth-order valence-corrected chi connectivity index (χ4v) is 4.47. The maximum atomic E-state index is 13.4. The van der Waals surface area contributed by atoms with Crippen LogP contribution in [0.3, 0.4) is 0 Å². The van der Waals surface area contributed by atoms with Gasteiger partial charge < -0.3 is 4.57 Å². The lowest BCUT2D eigenvalue weighted by atomic mass is 10.1. The van der Waals surface area contributed by atoms with Crippen molar-refractivity contribution in [3.05, 3.63) is 74.6 Å². The van der Waals surface area contributed by atoms with Crippen molar-refractivity contribution in [2.24, 2.45) is 4.99 Å². The summed E-state index contributed by atoms with van der Waals surface area (Å²) in [7, 11) is 0. The van der Waals surface area contributed by atoms with Crippen LogP contribution in [0.25, 0.3) is 11.3 Å². The van der Waals surface area contributed by atoms with E-state index in [0.717, 1.165) is 29.0 Å². The van der Waals surface area contributed by atoms with Crippen LogP contribution in [0, 0.1) is 5.82 Å². The topological polar surface area (TPSA) is 34.4 Å². The van der Waals surface area contributed by atoms with E-state index in [-0.39, 0.29) is 11.7 Å². The lowest BCUT2D eigenvalue weighted by Gasteiger charge is -2.09. The molecule has 0 aliphatic carbocycles. The Labute approximate surface area is 166 Å². The zero-order valence-corrected chi connectivity index (χ0v) is 16.8. The Hall–Kier alpha value is -2.24. The third kappa shape index (κ3) is 4.20. The Kier molecular flexibility index (Phi) is 6.24. The quantitative estimate of drug-likeness (QED) is 0.537. The summed E-state index contributed by atoms with van der Waals surface area (Å²) in [6.07, 6.45) is 1.84. The molecule has 0 aliphatic heterocycles. The second-order valence-electron chi connectivity index (χ2n) is 6.05. The van der Waals surface area contributed by atoms with Crippen molar-refractivity contribution in [2.45, 2.75) is 33.2 Å². The van der Waals surface area contributed by atoms with Crippen LogP contribution in [0.2, 0.25) is 5.02 Å². The number of hydrogen-bond acceptors (Lipinski definition) is 2. The Bertz CT molecular complexity index is 1020. The van der Waals surface area contributed by atoms with E-state index >= 15 is 0 Å². The smallest absolute Gasteiger partial charge is 0.281 e. The maximum absolute atomic E-state index is 13.4. The predicted octanol–water partition coefficient (Wildman–Crippen LogP) is 5.72. The van der Waals surface area contributed by atoms with Gasteiger partial charge in [-0.2, -0.15) is 4.99 Å². The van der Waals surface area contributed by atoms with Crippen LogP contribution >= 0.6 is 22.9 Å². The first-order valence-electron chi connectivity index (χ1n) is 8.87. The van der Waals surface area contributed by atoms with Gasteiger partial charge in [-0.1, -0.05) is 37.1 Å². The lowest BCUT2D eigenvalue weighted by molar-refractivity contribution is 0.0998. The van der Waals surface area contributed by atoms with Gasteiger partial charge in [0.2, 0.25) is 0 Å². The highest BCUT2D eigenvalue weighted by Crippen LogP contribution is 2.27. The monoisotopic (exact) mass is 402 g/mol. The summed E-state index contributed by atoms with van der Waals surface area (Å²) in [6.45, 7) is 4.77. The van der Waals surface area contributed by atoms with Gasteiger partial charge in [0.15, 0.2) is 4.80 Å². The second-order valence-corrected chi connectivity index (χ2v) is 7.52. The molecule has 0 radical (unpaired) electrons. The van der Waals surface area contributed by atoms with E-state index in [1.165, 1.54) is 23.5 Å². The van der Waals surface area contributed by atoms with E-state index < -0.39 is 0 Å². The Morgan fingerprint density at radius 2 is 1.85 bits per heavy atom. The Morgan fingerprint density at radius 1 is 1.15 bits per heavy atom. The molecule has 0 saturated carbocycles. The number of halogens is 2. The van der Waals surface area contributed by atoms with E-state index in [1.807, 2.05) is 11.5 Å². The average Bonchev–Trinajstić information content (AvgIpc) is 3.00. The van der Waals surface area contributed by atoms with Crippen LogP contribution in [0.1, 0.15) is 35.5 Å². The molecule has 3 rings (SSSR count). The molecule has 0 bridgehead atoms. The average molecular weight is 403 g/mol. The number of aromatic nitrogens is 1. The molecule has 0 saturated heterocycles. The number of rotatable bonds is 5. The molecular weight excluding hydrogens is 383 g/mol. The standard InChI is InChI=1S/C21H20ClFN2OS/c1-3-7-18-19(14-10-12-15(23)13-11-14)25(4-2)21(27-18)24-20(26)16-8-5-6-9-17(16)22/h5-6,8-13H,3-4,7H2,1-2H3. The van der Waals surface area contributed by atoms with Gasteiger partial charge in [-0.05, 0) is 55.3 Å². The molecule has 3 aromatic rings. The summed E-state index contributed by atoms with van der Waals surface area (Å²) in [4.78, 5) is 18.8. The number of aryl methyl sites for hydroxylation is 1. The van der Waals surface area contributed by atoms with Crippen molar-refractivity contribution in [3.63, 3.8) is 0 Å². The summed E-state index contributed by atoms with van der Waals surface area (Å²) < 4.78 is 15.4. The first-order valence-corrected chi connectivity index (χ1v) is 10.1. The number of hydrogen-bond donors (Lipinski definition) is 0. The molecule has 0 aliphatic rings. The number of thiazole rings is 1. The predicted molar refractivity (Wildman–Crippen MR) is 109 cm³/mol. The summed E-state index contributed by atoms with van der Waals surface area (Å²) in [6, 6.07) is 13.3. The van der Waals surface area contributed by atoms with E-state index in [2.05, 4.69) is 11.9 Å². The fraction of sp³-hybridized carbons (Fsp3) is 0.238. The number of nitrogens with zero attached hydrogens (tertiary/aromatic N) is 2. The maximum Gasteiger partial charge on any atom is 0.281 e. The molecule has 0 spiro atoms. The molecule has 2 aromatic carbocycles. The Morgan fingerprint density at radius 3 is 2.48 bits per heavy atom. The molecule has 3 nitrogen and oxygen atoms in total. The molecule has 0 N–H and O–H groups in total. The van der Waals surface area contributed by atoms with E-state index in [1.54, 1.807) is 36.4 Å². The van der Waals surface area contributed by atoms with Gasteiger partial charge in [-0.25, -0.2) is 4.39 Å². The highest BCUT2D eigenvalue weighted by atomic mass is 35.5. The van der Waals surface area contributed by atoms with Gasteiger partial charge >= 0.3 is 0 Å². The summed E-state index contributed by atoms with van der Waals surface area (Å²) in [5.41, 5.74) is 2.30. The van der Waals surface area contributed by atoms with Crippen molar-refractivity contribution in [2.75, 3.05) is 0 Å². The van der Waals surface area contributed by atoms with Crippen molar-refractivity contribution in [1.29, 1.82) is 0 Å². The molecule has 140 valence electrons. The van der Waals surface area contributed by atoms with Crippen molar-refractivity contribution >= 4 is 28.8 Å². The van der Waals surface area contributed by atoms with Gasteiger partial charge in [-0.3, -0.25) is 4.79 Å². The molecule has 6 heteroatoms. The van der Waals surface area contributed by atoms with Crippen LogP contribution in [-0.2, 0) is 13.0 Å².